The van der Waals surface area contributed by atoms with E-state index in [-0.39, 0.29) is 17.3 Å². The summed E-state index contributed by atoms with van der Waals surface area (Å²) < 4.78 is 5.85. The lowest BCUT2D eigenvalue weighted by atomic mass is 10.0. The molecular formula is C30H20Cl2N2O3S. The number of anilines is 2. The maximum absolute atomic E-state index is 13.6. The average Bonchev–Trinajstić information content (AvgIpc) is 2.92. The molecule has 0 aliphatic carbocycles. The zero-order chi connectivity index (χ0) is 26.6. The summed E-state index contributed by atoms with van der Waals surface area (Å²) in [6.45, 7) is 0.267. The fraction of sp³-hybridized carbons (Fsp3) is 0.0333. The van der Waals surface area contributed by atoms with Gasteiger partial charge in [0.1, 0.15) is 17.9 Å². The lowest BCUT2D eigenvalue weighted by Gasteiger charge is -2.36. The summed E-state index contributed by atoms with van der Waals surface area (Å²) >= 11 is 17.8. The molecule has 1 aliphatic rings. The molecule has 0 spiro atoms. The van der Waals surface area contributed by atoms with Crippen molar-refractivity contribution < 1.29 is 14.3 Å². The van der Waals surface area contributed by atoms with Gasteiger partial charge >= 0.3 is 0 Å². The highest BCUT2D eigenvalue weighted by Gasteiger charge is 2.41. The molecule has 1 aliphatic heterocycles. The maximum atomic E-state index is 13.6. The summed E-state index contributed by atoms with van der Waals surface area (Å²) in [7, 11) is 0. The second kappa shape index (κ2) is 11.2. The molecule has 2 amide bonds. The minimum absolute atomic E-state index is 0.00656. The lowest BCUT2D eigenvalue weighted by Crippen LogP contribution is -2.56. The highest BCUT2D eigenvalue weighted by molar-refractivity contribution is 7.81. The fourth-order valence-corrected chi connectivity index (χ4v) is 4.81. The van der Waals surface area contributed by atoms with Gasteiger partial charge in [0.25, 0.3) is 11.8 Å². The van der Waals surface area contributed by atoms with Gasteiger partial charge in [0.15, 0.2) is 5.11 Å². The third-order valence-corrected chi connectivity index (χ3v) is 6.83. The normalized spacial score (nSPS) is 13.6. The number of halogens is 2. The van der Waals surface area contributed by atoms with Gasteiger partial charge in [-0.1, -0.05) is 77.8 Å². The van der Waals surface area contributed by atoms with Crippen molar-refractivity contribution >= 4 is 69.8 Å². The van der Waals surface area contributed by atoms with Gasteiger partial charge in [-0.3, -0.25) is 19.4 Å². The van der Waals surface area contributed by atoms with E-state index in [1.807, 2.05) is 42.5 Å². The van der Waals surface area contributed by atoms with E-state index in [4.69, 9.17) is 40.2 Å². The van der Waals surface area contributed by atoms with E-state index < -0.39 is 11.8 Å². The largest absolute Gasteiger partial charge is 0.489 e. The second-order valence-corrected chi connectivity index (χ2v) is 9.60. The Balaban J connectivity index is 1.44. The number of carbonyl (C=O) groups excluding carboxylic acids is 2. The molecule has 8 heteroatoms. The molecule has 0 unspecified atom stereocenters. The average molecular weight is 559 g/mol. The molecule has 188 valence electrons. The van der Waals surface area contributed by atoms with Gasteiger partial charge in [-0.05, 0) is 72.4 Å². The Bertz CT molecular complexity index is 1480. The topological polar surface area (TPSA) is 49.9 Å². The molecule has 1 saturated heterocycles. The van der Waals surface area contributed by atoms with Gasteiger partial charge in [-0.2, -0.15) is 0 Å². The lowest BCUT2D eigenvalue weighted by molar-refractivity contribution is -0.120. The number of nitrogens with zero attached hydrogens (tertiary/aromatic N) is 2. The summed E-state index contributed by atoms with van der Waals surface area (Å²) in [5.74, 6) is -0.371. The van der Waals surface area contributed by atoms with Crippen molar-refractivity contribution in [2.45, 2.75) is 6.61 Å². The van der Waals surface area contributed by atoms with Crippen LogP contribution in [0.2, 0.25) is 10.0 Å². The van der Waals surface area contributed by atoms with E-state index in [1.54, 1.807) is 66.7 Å². The molecular weight excluding hydrogens is 539 g/mol. The van der Waals surface area contributed by atoms with E-state index >= 15 is 0 Å². The van der Waals surface area contributed by atoms with Gasteiger partial charge < -0.3 is 4.74 Å². The van der Waals surface area contributed by atoms with Gasteiger partial charge in [0.2, 0.25) is 0 Å². The van der Waals surface area contributed by atoms with Crippen molar-refractivity contribution in [2.75, 3.05) is 9.80 Å². The van der Waals surface area contributed by atoms with Gasteiger partial charge in [0.05, 0.1) is 11.4 Å². The zero-order valence-corrected chi connectivity index (χ0v) is 22.2. The zero-order valence-electron chi connectivity index (χ0n) is 19.9. The van der Waals surface area contributed by atoms with Crippen LogP contribution in [0.4, 0.5) is 11.4 Å². The number of amides is 2. The summed E-state index contributed by atoms with van der Waals surface area (Å²) in [5, 5.41) is 1.18. The van der Waals surface area contributed by atoms with Crippen molar-refractivity contribution in [1.29, 1.82) is 0 Å². The number of ether oxygens (including phenoxy) is 1. The minimum Gasteiger partial charge on any atom is -0.489 e. The van der Waals surface area contributed by atoms with Crippen LogP contribution in [0.25, 0.3) is 6.08 Å². The highest BCUT2D eigenvalue weighted by Crippen LogP contribution is 2.30. The molecule has 0 bridgehead atoms. The molecule has 4 aromatic rings. The third kappa shape index (κ3) is 5.34. The van der Waals surface area contributed by atoms with Crippen molar-refractivity contribution in [3.05, 3.63) is 130 Å². The van der Waals surface area contributed by atoms with Crippen LogP contribution in [0.1, 0.15) is 11.1 Å². The SMILES string of the molecule is O=C1C(=Cc2ccc(OCc3ccc(Cl)cc3Cl)cc2)C(=O)N(c2ccccc2)C(=S)N1c1ccccc1. The number of thiocarbonyl (C=S) groups is 1. The predicted molar refractivity (Wildman–Crippen MR) is 156 cm³/mol. The minimum atomic E-state index is -0.490. The molecule has 0 N–H and O–H groups in total. The van der Waals surface area contributed by atoms with Crippen LogP contribution in [-0.4, -0.2) is 16.9 Å². The molecule has 0 atom stereocenters. The van der Waals surface area contributed by atoms with Crippen molar-refractivity contribution in [2.24, 2.45) is 0 Å². The Morgan fingerprint density at radius 1 is 0.737 bits per heavy atom. The molecule has 0 aromatic heterocycles. The summed E-state index contributed by atoms with van der Waals surface area (Å²) in [4.78, 5) is 29.9. The predicted octanol–water partition coefficient (Wildman–Crippen LogP) is 7.32. The Hall–Kier alpha value is -3.97. The Labute approximate surface area is 235 Å². The second-order valence-electron chi connectivity index (χ2n) is 8.39. The van der Waals surface area contributed by atoms with Crippen molar-refractivity contribution in [3.63, 3.8) is 0 Å². The molecule has 0 saturated carbocycles. The van der Waals surface area contributed by atoms with Crippen LogP contribution in [0, 0.1) is 0 Å². The number of rotatable bonds is 6. The highest BCUT2D eigenvalue weighted by atomic mass is 35.5. The van der Waals surface area contributed by atoms with Gasteiger partial charge in [0, 0.05) is 15.6 Å². The first-order valence-electron chi connectivity index (χ1n) is 11.6. The van der Waals surface area contributed by atoms with Crippen LogP contribution < -0.4 is 14.5 Å². The molecule has 0 radical (unpaired) electrons. The first kappa shape index (κ1) is 25.7. The van der Waals surface area contributed by atoms with E-state index in [2.05, 4.69) is 0 Å². The number of benzene rings is 4. The van der Waals surface area contributed by atoms with Crippen LogP contribution in [-0.2, 0) is 16.2 Å². The Kier molecular flexibility index (Phi) is 7.56. The molecule has 1 fully saturated rings. The molecule has 1 heterocycles. The smallest absolute Gasteiger partial charge is 0.270 e. The van der Waals surface area contributed by atoms with E-state index in [9.17, 15) is 9.59 Å². The van der Waals surface area contributed by atoms with Crippen LogP contribution in [0.5, 0.6) is 5.75 Å². The molecule has 5 rings (SSSR count). The number of hydrogen-bond donors (Lipinski definition) is 0. The van der Waals surface area contributed by atoms with Crippen LogP contribution in [0.3, 0.4) is 0 Å². The maximum Gasteiger partial charge on any atom is 0.270 e. The first-order valence-corrected chi connectivity index (χ1v) is 12.8. The summed E-state index contributed by atoms with van der Waals surface area (Å²) in [5.41, 5.74) is 2.61. The quantitative estimate of drug-likeness (QED) is 0.141. The standard InChI is InChI=1S/C30H20Cl2N2O3S/c31-22-14-13-21(27(32)18-22)19-37-25-15-11-20(12-16-25)17-26-28(35)33(23-7-3-1-4-8-23)30(38)34(29(26)36)24-9-5-2-6-10-24/h1-18H,19H2. The molecule has 38 heavy (non-hydrogen) atoms. The summed E-state index contributed by atoms with van der Waals surface area (Å²) in [6.07, 6.45) is 1.57. The van der Waals surface area contributed by atoms with Gasteiger partial charge in [-0.15, -0.1) is 0 Å². The first-order chi connectivity index (χ1) is 18.4. The monoisotopic (exact) mass is 558 g/mol. The van der Waals surface area contributed by atoms with Crippen molar-refractivity contribution in [1.82, 2.24) is 0 Å². The van der Waals surface area contributed by atoms with E-state index in [1.165, 1.54) is 9.80 Å². The van der Waals surface area contributed by atoms with Crippen LogP contribution in [0.15, 0.2) is 109 Å². The van der Waals surface area contributed by atoms with Gasteiger partial charge in [-0.25, -0.2) is 0 Å². The van der Waals surface area contributed by atoms with Crippen molar-refractivity contribution in [3.8, 4) is 5.75 Å². The molecule has 4 aromatic carbocycles. The number of carbonyl (C=O) groups is 2. The Morgan fingerprint density at radius 2 is 1.29 bits per heavy atom. The van der Waals surface area contributed by atoms with E-state index in [0.717, 1.165) is 5.56 Å². The van der Waals surface area contributed by atoms with E-state index in [0.29, 0.717) is 32.7 Å². The fourth-order valence-electron chi connectivity index (χ4n) is 3.97. The molecule has 5 nitrogen and oxygen atoms in total. The third-order valence-electron chi connectivity index (χ3n) is 5.88. The van der Waals surface area contributed by atoms with Crippen LogP contribution >= 0.6 is 35.4 Å². The number of hydrogen-bond acceptors (Lipinski definition) is 4. The number of para-hydroxylation sites is 2. The Morgan fingerprint density at radius 3 is 1.82 bits per heavy atom. The summed E-state index contributed by atoms with van der Waals surface area (Å²) in [6, 6.07) is 30.4.